The number of likely N-dealkylation sites (N-methyl/N-ethyl adjacent to an activating group) is 1. The van der Waals surface area contributed by atoms with E-state index in [1.54, 1.807) is 0 Å². The highest BCUT2D eigenvalue weighted by molar-refractivity contribution is 5.76. The maximum atomic E-state index is 13.9. The largest absolute Gasteiger partial charge is 0.447 e. The number of nitrogens with zero attached hydrogens (tertiary/aromatic N) is 1. The number of carbonyl (C=O) groups excluding carboxylic acids is 6. The summed E-state index contributed by atoms with van der Waals surface area (Å²) in [6.45, 7) is 1.91. The van der Waals surface area contributed by atoms with Crippen LogP contribution in [0.15, 0.2) is 0 Å². The van der Waals surface area contributed by atoms with Crippen LogP contribution in [0, 0.1) is 0 Å². The summed E-state index contributed by atoms with van der Waals surface area (Å²) in [6, 6.07) is -6.42. The fourth-order valence-electron chi connectivity index (χ4n) is 10.6. The summed E-state index contributed by atoms with van der Waals surface area (Å²) >= 11 is 0. The summed E-state index contributed by atoms with van der Waals surface area (Å²) in [5.74, 6) is -2.73. The monoisotopic (exact) mass is 1150 g/mol. The second-order valence-electron chi connectivity index (χ2n) is 20.9. The van der Waals surface area contributed by atoms with Crippen molar-refractivity contribution in [1.82, 2.24) is 20.9 Å². The van der Waals surface area contributed by atoms with Crippen molar-refractivity contribution in [1.29, 1.82) is 0 Å². The minimum absolute atomic E-state index is 0.00285. The molecule has 4 fully saturated rings. The molecule has 20 unspecified atom stereocenters. The first-order valence-corrected chi connectivity index (χ1v) is 27.8. The molecule has 0 aliphatic carbocycles. The molecule has 15 N–H and O–H groups in total. The molecule has 20 atom stereocenters. The van der Waals surface area contributed by atoms with Gasteiger partial charge in [0.2, 0.25) is 23.6 Å². The van der Waals surface area contributed by atoms with E-state index in [9.17, 15) is 69.6 Å². The van der Waals surface area contributed by atoms with E-state index in [1.807, 2.05) is 0 Å². The van der Waals surface area contributed by atoms with Crippen LogP contribution in [0.2, 0.25) is 0 Å². The van der Waals surface area contributed by atoms with Crippen LogP contribution in [0.5, 0.6) is 0 Å². The van der Waals surface area contributed by atoms with Gasteiger partial charge in [-0.05, 0) is 6.42 Å². The molecule has 0 aromatic carbocycles. The number of hydrogen-bond donors (Lipinski definition) is 13. The number of aliphatic hydroxyl groups excluding tert-OH is 8. The van der Waals surface area contributed by atoms with Crippen molar-refractivity contribution >= 4 is 35.8 Å². The molecule has 29 nitrogen and oxygen atoms in total. The molecular weight excluding hydrogens is 1060 g/mol. The van der Waals surface area contributed by atoms with E-state index in [0.717, 1.165) is 57.8 Å². The fourth-order valence-corrected chi connectivity index (χ4v) is 10.6. The van der Waals surface area contributed by atoms with Gasteiger partial charge in [0.25, 0.3) is 0 Å². The molecule has 0 radical (unpaired) electrons. The van der Waals surface area contributed by atoms with Crippen LogP contribution in [0.25, 0.3) is 0 Å². The lowest BCUT2D eigenvalue weighted by molar-refractivity contribution is -0.363. The summed E-state index contributed by atoms with van der Waals surface area (Å²) in [5.41, 5.74) is 10.6. The molecule has 0 aromatic heterocycles. The van der Waals surface area contributed by atoms with Gasteiger partial charge in [0.15, 0.2) is 31.3 Å². The lowest BCUT2D eigenvalue weighted by atomic mass is 9.93. The predicted octanol–water partition coefficient (Wildman–Crippen LogP) is -2.38. The molecule has 0 spiro atoms. The van der Waals surface area contributed by atoms with Gasteiger partial charge in [0, 0.05) is 34.2 Å². The van der Waals surface area contributed by atoms with Crippen LogP contribution < -0.4 is 27.4 Å². The maximum Gasteiger partial charge on any atom is 0.404 e. The molecule has 4 heterocycles. The second kappa shape index (κ2) is 34.4. The van der Waals surface area contributed by atoms with Gasteiger partial charge < -0.3 is 116 Å². The number of aliphatic hydroxyl groups is 8. The number of unbranched alkanes of at least 4 members (excludes halogenated alkanes) is 14. The van der Waals surface area contributed by atoms with Gasteiger partial charge in [-0.15, -0.1) is 0 Å². The lowest BCUT2D eigenvalue weighted by Gasteiger charge is -2.51. The number of amides is 6. The average molecular weight is 1160 g/mol. The van der Waals surface area contributed by atoms with Crippen LogP contribution in [0.4, 0.5) is 9.59 Å². The van der Waals surface area contributed by atoms with E-state index in [0.29, 0.717) is 6.42 Å². The van der Waals surface area contributed by atoms with E-state index < -0.39 is 185 Å². The molecule has 4 saturated heterocycles. The van der Waals surface area contributed by atoms with Gasteiger partial charge in [-0.1, -0.05) is 96.8 Å². The Labute approximate surface area is 465 Å². The zero-order chi connectivity index (χ0) is 59.2. The van der Waals surface area contributed by atoms with E-state index in [1.165, 1.54) is 64.8 Å². The standard InChI is InChI=1S/C51H90N6O23/c1-6-7-8-9-10-11-12-13-14-15-16-17-18-19-20-21-33(64)57(5)37-41(68)45(80-51(53)71)32(25-72-50(52)70)76-49(37)79-44-31(24-60)75-48(36(40(44)67)56-28(4)63)78-43-30(23-59)74-47(35(39(43)66)55-27(3)62)77-42-29(22-58)73-46(69)34(38(42)65)54-26(2)61/h29-32,34-49,58-60,65-69H,6-25H2,1-5H3,(H2,52,70)(H2,53,71)(H,54,61)(H,55,62)(H,56,63). The number of carbonyl (C=O) groups is 6. The zero-order valence-electron chi connectivity index (χ0n) is 46.5. The molecule has 29 heteroatoms. The Morgan fingerprint density at radius 1 is 0.487 bits per heavy atom. The Bertz CT molecular complexity index is 1920. The highest BCUT2D eigenvalue weighted by Crippen LogP contribution is 2.36. The third kappa shape index (κ3) is 20.0. The molecular formula is C51H90N6O23. The van der Waals surface area contributed by atoms with Crippen molar-refractivity contribution in [2.24, 2.45) is 11.5 Å². The molecule has 4 aliphatic rings. The van der Waals surface area contributed by atoms with Crippen molar-refractivity contribution in [3.8, 4) is 0 Å². The van der Waals surface area contributed by atoms with Gasteiger partial charge in [-0.3, -0.25) is 19.2 Å². The highest BCUT2D eigenvalue weighted by Gasteiger charge is 2.57. The molecule has 0 aromatic rings. The topological polar surface area (TPSA) is 439 Å². The zero-order valence-corrected chi connectivity index (χ0v) is 46.5. The average Bonchev–Trinajstić information content (AvgIpc) is 3.50. The van der Waals surface area contributed by atoms with E-state index in [4.69, 9.17) is 54.1 Å². The number of hydrogen-bond acceptors (Lipinski definition) is 23. The molecule has 4 aliphatic heterocycles. The molecule has 0 saturated carbocycles. The Kier molecular flexibility index (Phi) is 29.4. The Morgan fingerprint density at radius 2 is 0.863 bits per heavy atom. The normalized spacial score (nSPS) is 34.4. The van der Waals surface area contributed by atoms with Gasteiger partial charge in [-0.2, -0.15) is 0 Å². The number of primary amides is 2. The number of nitrogens with one attached hydrogen (secondary N) is 3. The van der Waals surface area contributed by atoms with Crippen LogP contribution in [0.3, 0.4) is 0 Å². The van der Waals surface area contributed by atoms with E-state index in [-0.39, 0.29) is 6.42 Å². The molecule has 462 valence electrons. The number of rotatable bonds is 32. The van der Waals surface area contributed by atoms with Gasteiger partial charge >= 0.3 is 12.2 Å². The highest BCUT2D eigenvalue weighted by atomic mass is 16.8. The second-order valence-corrected chi connectivity index (χ2v) is 20.9. The minimum Gasteiger partial charge on any atom is -0.447 e. The molecule has 0 bridgehead atoms. The van der Waals surface area contributed by atoms with Gasteiger partial charge in [0.05, 0.1) is 19.8 Å². The van der Waals surface area contributed by atoms with Crippen molar-refractivity contribution in [2.45, 2.75) is 253 Å². The Balaban J connectivity index is 1.54. The van der Waals surface area contributed by atoms with Crippen molar-refractivity contribution < 1.29 is 112 Å². The van der Waals surface area contributed by atoms with Crippen LogP contribution in [-0.4, -0.2) is 238 Å². The fraction of sp³-hybridized carbons (Fsp3) is 0.882. The van der Waals surface area contributed by atoms with Crippen molar-refractivity contribution in [2.75, 3.05) is 33.5 Å². The lowest BCUT2D eigenvalue weighted by Crippen LogP contribution is -2.72. The summed E-state index contributed by atoms with van der Waals surface area (Å²) in [5, 5.41) is 96.6. The predicted molar refractivity (Wildman–Crippen MR) is 276 cm³/mol. The summed E-state index contributed by atoms with van der Waals surface area (Å²) in [6.07, 6.45) is -14.2. The Hall–Kier alpha value is -4.18. The maximum absolute atomic E-state index is 13.9. The third-order valence-electron chi connectivity index (χ3n) is 14.7. The van der Waals surface area contributed by atoms with Crippen molar-refractivity contribution in [3.05, 3.63) is 0 Å². The molecule has 80 heavy (non-hydrogen) atoms. The molecule has 4 rings (SSSR count). The summed E-state index contributed by atoms with van der Waals surface area (Å²) < 4.78 is 52.3. The first kappa shape index (κ1) is 68.3. The summed E-state index contributed by atoms with van der Waals surface area (Å²) in [4.78, 5) is 76.3. The first-order chi connectivity index (χ1) is 38.1. The number of ether oxygens (including phenoxy) is 9. The summed E-state index contributed by atoms with van der Waals surface area (Å²) in [7, 11) is 1.33. The quantitative estimate of drug-likeness (QED) is 0.0313. The first-order valence-electron chi connectivity index (χ1n) is 27.8. The van der Waals surface area contributed by atoms with E-state index >= 15 is 0 Å². The van der Waals surface area contributed by atoms with E-state index in [2.05, 4.69) is 22.9 Å². The number of nitrogens with two attached hydrogens (primary N) is 2. The van der Waals surface area contributed by atoms with Crippen LogP contribution in [-0.2, 0) is 61.8 Å². The van der Waals surface area contributed by atoms with Crippen LogP contribution >= 0.6 is 0 Å². The van der Waals surface area contributed by atoms with Gasteiger partial charge in [-0.25, -0.2) is 9.59 Å². The Morgan fingerprint density at radius 3 is 1.26 bits per heavy atom. The SMILES string of the molecule is CCCCCCCCCCCCCCCCCC(=O)N(C)C1C(OC2C(CO)OC(OC3C(CO)OC(OC4C(CO)OC(O)C(NC(C)=O)C4O)C(NC(C)=O)C3O)C(NC(C)=O)C2O)OC(COC(N)=O)C(OC(N)=O)C1O. The van der Waals surface area contributed by atoms with Crippen molar-refractivity contribution in [3.63, 3.8) is 0 Å². The smallest absolute Gasteiger partial charge is 0.404 e. The third-order valence-corrected chi connectivity index (χ3v) is 14.7. The van der Waals surface area contributed by atoms with Gasteiger partial charge in [0.1, 0.15) is 97.9 Å². The molecule has 6 amide bonds. The van der Waals surface area contributed by atoms with Crippen LogP contribution in [0.1, 0.15) is 130 Å². The minimum atomic E-state index is -1.98.